The molecule has 0 bridgehead atoms. The highest BCUT2D eigenvalue weighted by atomic mass is 16.6. The van der Waals surface area contributed by atoms with Crippen molar-refractivity contribution in [3.05, 3.63) is 59.9 Å². The second-order valence-corrected chi connectivity index (χ2v) is 9.48. The van der Waals surface area contributed by atoms with Crippen LogP contribution in [0.1, 0.15) is 52.5 Å². The van der Waals surface area contributed by atoms with Gasteiger partial charge in [-0.25, -0.2) is 9.59 Å². The molecule has 1 aromatic rings. The van der Waals surface area contributed by atoms with Crippen LogP contribution in [-0.2, 0) is 23.8 Å². The maximum Gasteiger partial charge on any atom is 0.408 e. The van der Waals surface area contributed by atoms with Crippen LogP contribution in [0.4, 0.5) is 4.79 Å². The molecule has 0 aromatic heterocycles. The number of alkyl carbamates (subject to hydrolysis) is 1. The largest absolute Gasteiger partial charge is 0.491 e. The zero-order valence-corrected chi connectivity index (χ0v) is 20.8. The maximum absolute atomic E-state index is 13.0. The third kappa shape index (κ3) is 8.57. The molecule has 1 aliphatic rings. The predicted molar refractivity (Wildman–Crippen MR) is 129 cm³/mol. The van der Waals surface area contributed by atoms with Gasteiger partial charge in [-0.05, 0) is 50.8 Å². The number of carbonyl (C=O) groups excluding carboxylic acids is 3. The van der Waals surface area contributed by atoms with E-state index in [1.54, 1.807) is 34.6 Å². The first-order chi connectivity index (χ1) is 16.0. The lowest BCUT2D eigenvalue weighted by Gasteiger charge is -2.26. The van der Waals surface area contributed by atoms with E-state index in [0.717, 1.165) is 6.42 Å². The number of hydrogen-bond acceptors (Lipinski definition) is 6. The minimum absolute atomic E-state index is 0.136. The summed E-state index contributed by atoms with van der Waals surface area (Å²) in [7, 11) is 1.26. The Kier molecular flexibility index (Phi) is 9.71. The summed E-state index contributed by atoms with van der Waals surface area (Å²) >= 11 is 0. The summed E-state index contributed by atoms with van der Waals surface area (Å²) in [5.41, 5.74) is 0.472. The number of hydrogen-bond donors (Lipinski definition) is 2. The molecule has 34 heavy (non-hydrogen) atoms. The zero-order valence-electron chi connectivity index (χ0n) is 20.8. The maximum atomic E-state index is 13.0. The molecule has 0 heterocycles. The molecule has 3 unspecified atom stereocenters. The van der Waals surface area contributed by atoms with E-state index >= 15 is 0 Å². The minimum Gasteiger partial charge on any atom is -0.491 e. The number of amides is 2. The molecule has 3 atom stereocenters. The molecule has 2 N–H and O–H groups in total. The van der Waals surface area contributed by atoms with Gasteiger partial charge in [0, 0.05) is 5.92 Å². The Bertz CT molecular complexity index is 902. The molecule has 0 radical (unpaired) electrons. The van der Waals surface area contributed by atoms with Crippen LogP contribution in [0.3, 0.4) is 0 Å². The fourth-order valence-corrected chi connectivity index (χ4v) is 3.35. The lowest BCUT2D eigenvalue weighted by Crippen LogP contribution is -2.55. The van der Waals surface area contributed by atoms with Gasteiger partial charge >= 0.3 is 12.1 Å². The average molecular weight is 473 g/mol. The monoisotopic (exact) mass is 472 g/mol. The van der Waals surface area contributed by atoms with Gasteiger partial charge in [-0.2, -0.15) is 0 Å². The third-order valence-electron chi connectivity index (χ3n) is 5.14. The minimum atomic E-state index is -1.08. The van der Waals surface area contributed by atoms with Crippen LogP contribution in [0.25, 0.3) is 0 Å². The number of allylic oxidation sites excluding steroid dienone is 3. The van der Waals surface area contributed by atoms with Crippen LogP contribution in [0.15, 0.2) is 54.3 Å². The summed E-state index contributed by atoms with van der Waals surface area (Å²) < 4.78 is 15.9. The van der Waals surface area contributed by atoms with Gasteiger partial charge in [0.15, 0.2) is 0 Å². The number of nitrogens with one attached hydrogen (secondary N) is 2. The Balaban J connectivity index is 2.06. The van der Waals surface area contributed by atoms with Crippen LogP contribution in [0.5, 0.6) is 0 Å². The Morgan fingerprint density at radius 3 is 2.29 bits per heavy atom. The van der Waals surface area contributed by atoms with E-state index in [1.165, 1.54) is 12.7 Å². The molecule has 1 aliphatic carbocycles. The predicted octanol–water partition coefficient (Wildman–Crippen LogP) is 3.84. The fourth-order valence-electron chi connectivity index (χ4n) is 3.35. The first kappa shape index (κ1) is 27.0. The number of methoxy groups -OCH3 is 1. The van der Waals surface area contributed by atoms with E-state index in [9.17, 15) is 14.4 Å². The lowest BCUT2D eigenvalue weighted by atomic mass is 9.92. The van der Waals surface area contributed by atoms with Crippen molar-refractivity contribution in [2.45, 2.75) is 64.6 Å². The zero-order chi connectivity index (χ0) is 25.3. The first-order valence-electron chi connectivity index (χ1n) is 11.4. The molecule has 0 spiro atoms. The molecular weight excluding hydrogens is 436 g/mol. The highest BCUT2D eigenvalue weighted by Gasteiger charge is 2.31. The van der Waals surface area contributed by atoms with E-state index in [2.05, 4.69) is 22.8 Å². The van der Waals surface area contributed by atoms with Gasteiger partial charge in [-0.3, -0.25) is 4.79 Å². The van der Waals surface area contributed by atoms with Gasteiger partial charge in [0.05, 0.1) is 7.11 Å². The average Bonchev–Trinajstić information content (AvgIpc) is 2.79. The highest BCUT2D eigenvalue weighted by molar-refractivity contribution is 5.89. The molecule has 1 aromatic carbocycles. The van der Waals surface area contributed by atoms with E-state index in [-0.39, 0.29) is 18.4 Å². The second kappa shape index (κ2) is 12.3. The Morgan fingerprint density at radius 2 is 1.76 bits per heavy atom. The van der Waals surface area contributed by atoms with Crippen molar-refractivity contribution < 1.29 is 28.6 Å². The van der Waals surface area contributed by atoms with Crippen molar-refractivity contribution in [1.29, 1.82) is 0 Å². The van der Waals surface area contributed by atoms with Crippen molar-refractivity contribution in [3.8, 4) is 0 Å². The number of carbonyl (C=O) groups is 3. The summed E-state index contributed by atoms with van der Waals surface area (Å²) in [6.45, 7) is 8.62. The Labute approximate surface area is 201 Å². The lowest BCUT2D eigenvalue weighted by molar-refractivity contribution is -0.146. The molecule has 0 saturated heterocycles. The summed E-state index contributed by atoms with van der Waals surface area (Å²) in [5.74, 6) is -0.496. The van der Waals surface area contributed by atoms with Crippen molar-refractivity contribution in [3.63, 3.8) is 0 Å². The van der Waals surface area contributed by atoms with Crippen molar-refractivity contribution in [1.82, 2.24) is 10.6 Å². The SMILES string of the molecule is COC(=O)C(NC(=O)C(COC1=CCC(c2ccccc2)C=C1)NC(=O)OC(C)(C)C)C(C)C. The number of ether oxygens (including phenoxy) is 3. The standard InChI is InChI=1S/C26H36N2O6/c1-17(2)22(24(30)32-6)28-23(29)21(27-25(31)34-26(3,4)5)16-33-20-14-12-19(13-15-20)18-10-8-7-9-11-18/h7-12,14-15,17,19,21-22H,13,16H2,1-6H3,(H,27,31)(H,28,29). The Hall–Kier alpha value is -3.29. The molecule has 0 fully saturated rings. The molecular formula is C26H36N2O6. The van der Waals surface area contributed by atoms with Crippen molar-refractivity contribution in [2.24, 2.45) is 5.92 Å². The summed E-state index contributed by atoms with van der Waals surface area (Å²) in [6.07, 6.45) is 5.85. The first-order valence-corrected chi connectivity index (χ1v) is 11.4. The number of esters is 1. The quantitative estimate of drug-likeness (QED) is 0.530. The van der Waals surface area contributed by atoms with Crippen LogP contribution in [0.2, 0.25) is 0 Å². The smallest absolute Gasteiger partial charge is 0.408 e. The van der Waals surface area contributed by atoms with Crippen molar-refractivity contribution >= 4 is 18.0 Å². The topological polar surface area (TPSA) is 103 Å². The van der Waals surface area contributed by atoms with Crippen LogP contribution in [0, 0.1) is 5.92 Å². The Morgan fingerprint density at radius 1 is 1.09 bits per heavy atom. The third-order valence-corrected chi connectivity index (χ3v) is 5.14. The second-order valence-electron chi connectivity index (χ2n) is 9.48. The van der Waals surface area contributed by atoms with E-state index in [4.69, 9.17) is 14.2 Å². The van der Waals surface area contributed by atoms with Gasteiger partial charge in [0.1, 0.15) is 30.1 Å². The molecule has 0 aliphatic heterocycles. The summed E-state index contributed by atoms with van der Waals surface area (Å²) in [6, 6.07) is 8.20. The fraction of sp³-hybridized carbons (Fsp3) is 0.500. The number of rotatable bonds is 9. The van der Waals surface area contributed by atoms with Gasteiger partial charge in [-0.1, -0.05) is 50.3 Å². The summed E-state index contributed by atoms with van der Waals surface area (Å²) in [4.78, 5) is 37.4. The van der Waals surface area contributed by atoms with E-state index in [0.29, 0.717) is 5.76 Å². The molecule has 2 rings (SSSR count). The summed E-state index contributed by atoms with van der Waals surface area (Å²) in [5, 5.41) is 5.20. The number of benzene rings is 1. The molecule has 8 heteroatoms. The van der Waals surface area contributed by atoms with Crippen LogP contribution >= 0.6 is 0 Å². The molecule has 186 valence electrons. The van der Waals surface area contributed by atoms with Gasteiger partial charge in [0.25, 0.3) is 0 Å². The van der Waals surface area contributed by atoms with E-state index < -0.39 is 35.7 Å². The van der Waals surface area contributed by atoms with Crippen molar-refractivity contribution in [2.75, 3.05) is 13.7 Å². The van der Waals surface area contributed by atoms with Gasteiger partial charge in [0.2, 0.25) is 5.91 Å². The van der Waals surface area contributed by atoms with E-state index in [1.807, 2.05) is 36.4 Å². The van der Waals surface area contributed by atoms with Gasteiger partial charge < -0.3 is 24.8 Å². The molecule has 0 saturated carbocycles. The molecule has 8 nitrogen and oxygen atoms in total. The molecule has 2 amide bonds. The highest BCUT2D eigenvalue weighted by Crippen LogP contribution is 2.26. The normalized spacial score (nSPS) is 17.3. The van der Waals surface area contributed by atoms with Crippen LogP contribution < -0.4 is 10.6 Å². The van der Waals surface area contributed by atoms with Crippen LogP contribution in [-0.4, -0.2) is 49.4 Å². The van der Waals surface area contributed by atoms with Gasteiger partial charge in [-0.15, -0.1) is 0 Å².